The zero-order valence-corrected chi connectivity index (χ0v) is 8.23. The largest absolute Gasteiger partial charge is 0.356 e. The van der Waals surface area contributed by atoms with Gasteiger partial charge in [0.25, 0.3) is 0 Å². The average Bonchev–Trinajstić information content (AvgIpc) is 2.15. The van der Waals surface area contributed by atoms with E-state index < -0.39 is 0 Å². The molecule has 2 N–H and O–H groups in total. The van der Waals surface area contributed by atoms with E-state index in [9.17, 15) is 4.79 Å². The minimum Gasteiger partial charge on any atom is -0.356 e. The summed E-state index contributed by atoms with van der Waals surface area (Å²) in [5.74, 6) is 0.276. The molecule has 1 spiro atoms. The van der Waals surface area contributed by atoms with Crippen LogP contribution in [0.25, 0.3) is 0 Å². The standard InChI is InChI=1S/C10H18N2O/c1-8-10(4-2-6-11-8)5-3-7-12-9(10)13/h8,11H,2-7H2,1H3,(H,12,13)/t8-,10-/m0/s1. The second-order valence-electron chi connectivity index (χ2n) is 4.29. The molecule has 2 atom stereocenters. The van der Waals surface area contributed by atoms with Gasteiger partial charge >= 0.3 is 0 Å². The predicted molar refractivity (Wildman–Crippen MR) is 51.4 cm³/mol. The van der Waals surface area contributed by atoms with Gasteiger partial charge in [-0.05, 0) is 39.2 Å². The molecule has 0 aromatic rings. The number of piperidine rings is 2. The Balaban J connectivity index is 2.18. The summed E-state index contributed by atoms with van der Waals surface area (Å²) >= 11 is 0. The number of rotatable bonds is 0. The van der Waals surface area contributed by atoms with Gasteiger partial charge in [-0.1, -0.05) is 0 Å². The van der Waals surface area contributed by atoms with Crippen LogP contribution >= 0.6 is 0 Å². The van der Waals surface area contributed by atoms with Gasteiger partial charge in [-0.3, -0.25) is 4.79 Å². The van der Waals surface area contributed by atoms with Gasteiger partial charge in [-0.25, -0.2) is 0 Å². The molecule has 3 heteroatoms. The van der Waals surface area contributed by atoms with Crippen molar-refractivity contribution in [1.29, 1.82) is 0 Å². The molecule has 0 bridgehead atoms. The second kappa shape index (κ2) is 3.29. The van der Waals surface area contributed by atoms with Crippen LogP contribution in [0.4, 0.5) is 0 Å². The second-order valence-corrected chi connectivity index (χ2v) is 4.29. The fourth-order valence-electron chi connectivity index (χ4n) is 2.68. The summed E-state index contributed by atoms with van der Waals surface area (Å²) in [6, 6.07) is 0.349. The van der Waals surface area contributed by atoms with Gasteiger partial charge in [-0.2, -0.15) is 0 Å². The predicted octanol–water partition coefficient (Wildman–Crippen LogP) is 0.655. The van der Waals surface area contributed by atoms with E-state index in [0.29, 0.717) is 6.04 Å². The lowest BCUT2D eigenvalue weighted by atomic mass is 9.69. The molecule has 0 aliphatic carbocycles. The molecule has 2 aliphatic rings. The van der Waals surface area contributed by atoms with Crippen molar-refractivity contribution in [2.45, 2.75) is 38.6 Å². The number of amides is 1. The Kier molecular flexibility index (Phi) is 2.28. The summed E-state index contributed by atoms with van der Waals surface area (Å²) in [6.45, 7) is 4.08. The number of carbonyl (C=O) groups is 1. The van der Waals surface area contributed by atoms with E-state index in [1.807, 2.05) is 0 Å². The van der Waals surface area contributed by atoms with Gasteiger partial charge in [0.05, 0.1) is 5.41 Å². The van der Waals surface area contributed by atoms with E-state index in [1.54, 1.807) is 0 Å². The molecule has 2 aliphatic heterocycles. The Morgan fingerprint density at radius 3 is 2.62 bits per heavy atom. The zero-order valence-electron chi connectivity index (χ0n) is 8.23. The first kappa shape index (κ1) is 9.00. The van der Waals surface area contributed by atoms with Crippen LogP contribution in [-0.4, -0.2) is 25.0 Å². The highest BCUT2D eigenvalue weighted by atomic mass is 16.2. The maximum absolute atomic E-state index is 11.8. The van der Waals surface area contributed by atoms with Crippen LogP contribution in [0.1, 0.15) is 32.6 Å². The lowest BCUT2D eigenvalue weighted by Gasteiger charge is -2.44. The molecular weight excluding hydrogens is 164 g/mol. The quantitative estimate of drug-likeness (QED) is 0.577. The van der Waals surface area contributed by atoms with Crippen molar-refractivity contribution in [2.75, 3.05) is 13.1 Å². The van der Waals surface area contributed by atoms with E-state index in [1.165, 1.54) is 0 Å². The molecule has 3 nitrogen and oxygen atoms in total. The van der Waals surface area contributed by atoms with E-state index in [4.69, 9.17) is 0 Å². The van der Waals surface area contributed by atoms with Crippen molar-refractivity contribution in [3.63, 3.8) is 0 Å². The topological polar surface area (TPSA) is 41.1 Å². The summed E-state index contributed by atoms with van der Waals surface area (Å²) in [6.07, 6.45) is 4.40. The van der Waals surface area contributed by atoms with Crippen molar-refractivity contribution < 1.29 is 4.79 Å². The highest BCUT2D eigenvalue weighted by Gasteiger charge is 2.45. The molecule has 2 heterocycles. The first-order valence-electron chi connectivity index (χ1n) is 5.27. The van der Waals surface area contributed by atoms with Crippen LogP contribution in [0.5, 0.6) is 0 Å². The SMILES string of the molecule is C[C@@H]1NCCC[C@]12CCCNC2=O. The maximum atomic E-state index is 11.8. The van der Waals surface area contributed by atoms with Gasteiger partial charge in [0.1, 0.15) is 0 Å². The smallest absolute Gasteiger partial charge is 0.227 e. The van der Waals surface area contributed by atoms with Gasteiger partial charge in [0, 0.05) is 12.6 Å². The van der Waals surface area contributed by atoms with Crippen molar-refractivity contribution in [3.8, 4) is 0 Å². The minimum absolute atomic E-state index is 0.0868. The lowest BCUT2D eigenvalue weighted by Crippen LogP contribution is -2.58. The molecule has 0 aromatic carbocycles. The Labute approximate surface area is 79.3 Å². The third kappa shape index (κ3) is 1.35. The van der Waals surface area contributed by atoms with Crippen molar-refractivity contribution in [3.05, 3.63) is 0 Å². The first-order valence-corrected chi connectivity index (χ1v) is 5.27. The molecule has 2 fully saturated rings. The summed E-state index contributed by atoms with van der Waals surface area (Å²) in [5, 5.41) is 6.41. The van der Waals surface area contributed by atoms with Crippen LogP contribution in [0.2, 0.25) is 0 Å². The van der Waals surface area contributed by atoms with Crippen LogP contribution in [-0.2, 0) is 4.79 Å². The molecule has 1 amide bonds. The normalized spacial score (nSPS) is 40.4. The molecular formula is C10H18N2O. The van der Waals surface area contributed by atoms with Crippen molar-refractivity contribution in [2.24, 2.45) is 5.41 Å². The van der Waals surface area contributed by atoms with Gasteiger partial charge in [-0.15, -0.1) is 0 Å². The Bertz CT molecular complexity index is 211. The Morgan fingerprint density at radius 2 is 2.00 bits per heavy atom. The number of hydrogen-bond acceptors (Lipinski definition) is 2. The summed E-state index contributed by atoms with van der Waals surface area (Å²) in [4.78, 5) is 11.8. The highest BCUT2D eigenvalue weighted by Crippen LogP contribution is 2.38. The third-order valence-electron chi connectivity index (χ3n) is 3.62. The fourth-order valence-corrected chi connectivity index (χ4v) is 2.68. The van der Waals surface area contributed by atoms with Gasteiger partial charge in [0.15, 0.2) is 0 Å². The summed E-state index contributed by atoms with van der Waals surface area (Å²) in [7, 11) is 0. The van der Waals surface area contributed by atoms with E-state index >= 15 is 0 Å². The number of nitrogens with one attached hydrogen (secondary N) is 2. The molecule has 74 valence electrons. The molecule has 2 rings (SSSR count). The van der Waals surface area contributed by atoms with Crippen LogP contribution in [0.15, 0.2) is 0 Å². The summed E-state index contributed by atoms with van der Waals surface area (Å²) < 4.78 is 0. The maximum Gasteiger partial charge on any atom is 0.227 e. The highest BCUT2D eigenvalue weighted by molar-refractivity contribution is 5.84. The van der Waals surface area contributed by atoms with E-state index in [-0.39, 0.29) is 11.3 Å². The van der Waals surface area contributed by atoms with Gasteiger partial charge in [0.2, 0.25) is 5.91 Å². The average molecular weight is 182 g/mol. The van der Waals surface area contributed by atoms with Crippen LogP contribution in [0.3, 0.4) is 0 Å². The monoisotopic (exact) mass is 182 g/mol. The fraction of sp³-hybridized carbons (Fsp3) is 0.900. The zero-order chi connectivity index (χ0) is 9.31. The number of carbonyl (C=O) groups excluding carboxylic acids is 1. The Hall–Kier alpha value is -0.570. The molecule has 0 aromatic heterocycles. The first-order chi connectivity index (χ1) is 6.26. The number of hydrogen-bond donors (Lipinski definition) is 2. The molecule has 0 radical (unpaired) electrons. The summed E-state index contributed by atoms with van der Waals surface area (Å²) in [5.41, 5.74) is -0.0868. The van der Waals surface area contributed by atoms with E-state index in [0.717, 1.165) is 38.8 Å². The van der Waals surface area contributed by atoms with Gasteiger partial charge < -0.3 is 10.6 Å². The Morgan fingerprint density at radius 1 is 1.31 bits per heavy atom. The van der Waals surface area contributed by atoms with Crippen LogP contribution in [0, 0.1) is 5.41 Å². The molecule has 13 heavy (non-hydrogen) atoms. The van der Waals surface area contributed by atoms with E-state index in [2.05, 4.69) is 17.6 Å². The molecule has 0 unspecified atom stereocenters. The molecule has 0 saturated carbocycles. The van der Waals surface area contributed by atoms with Crippen molar-refractivity contribution >= 4 is 5.91 Å². The minimum atomic E-state index is -0.0868. The lowest BCUT2D eigenvalue weighted by molar-refractivity contribution is -0.137. The molecule has 2 saturated heterocycles. The third-order valence-corrected chi connectivity index (χ3v) is 3.62. The van der Waals surface area contributed by atoms with Crippen molar-refractivity contribution in [1.82, 2.24) is 10.6 Å². The van der Waals surface area contributed by atoms with Crippen LogP contribution < -0.4 is 10.6 Å².